The molecular formula is C18H20O4. The molecule has 22 heavy (non-hydrogen) atoms. The van der Waals surface area contributed by atoms with Gasteiger partial charge >= 0.3 is 5.97 Å². The first-order chi connectivity index (χ1) is 10.5. The van der Waals surface area contributed by atoms with E-state index in [1.165, 1.54) is 0 Å². The van der Waals surface area contributed by atoms with E-state index in [4.69, 9.17) is 9.47 Å². The van der Waals surface area contributed by atoms with Crippen LogP contribution in [0.4, 0.5) is 0 Å². The first kappa shape index (κ1) is 15.9. The highest BCUT2D eigenvalue weighted by atomic mass is 16.5. The number of para-hydroxylation sites is 1. The van der Waals surface area contributed by atoms with Gasteiger partial charge in [0.15, 0.2) is 6.10 Å². The van der Waals surface area contributed by atoms with Gasteiger partial charge in [-0.1, -0.05) is 24.3 Å². The van der Waals surface area contributed by atoms with Gasteiger partial charge in [-0.15, -0.1) is 0 Å². The predicted octanol–water partition coefficient (Wildman–Crippen LogP) is 3.39. The number of hydrogen-bond acceptors (Lipinski definition) is 3. The minimum absolute atomic E-state index is 0.242. The van der Waals surface area contributed by atoms with Crippen LogP contribution in [-0.4, -0.2) is 24.3 Å². The Morgan fingerprint density at radius 1 is 1.14 bits per heavy atom. The van der Waals surface area contributed by atoms with Gasteiger partial charge in [0.2, 0.25) is 0 Å². The Kier molecular flexibility index (Phi) is 5.04. The molecule has 0 bridgehead atoms. The van der Waals surface area contributed by atoms with E-state index in [1.807, 2.05) is 50.2 Å². The first-order valence-electron chi connectivity index (χ1n) is 7.10. The molecule has 0 spiro atoms. The number of ether oxygens (including phenoxy) is 2. The number of carboxylic acids is 1. The van der Waals surface area contributed by atoms with Crippen molar-refractivity contribution in [2.45, 2.75) is 26.4 Å². The standard InChI is InChI=1S/C18H20O4/c1-12-8-9-15(10-13(12)2)22-17(18(19)20)11-14-6-4-5-7-16(14)21-3/h4-10,17H,11H2,1-3H3,(H,19,20)/t17-/m1/s1. The number of benzene rings is 2. The van der Waals surface area contributed by atoms with Crippen molar-refractivity contribution in [3.63, 3.8) is 0 Å². The van der Waals surface area contributed by atoms with Crippen LogP contribution in [-0.2, 0) is 11.2 Å². The Balaban J connectivity index is 2.20. The summed E-state index contributed by atoms with van der Waals surface area (Å²) in [7, 11) is 1.57. The minimum atomic E-state index is -0.996. The lowest BCUT2D eigenvalue weighted by atomic mass is 10.1. The van der Waals surface area contributed by atoms with E-state index < -0.39 is 12.1 Å². The Labute approximate surface area is 130 Å². The summed E-state index contributed by atoms with van der Waals surface area (Å²) < 4.78 is 10.9. The summed E-state index contributed by atoms with van der Waals surface area (Å²) in [6.45, 7) is 3.97. The predicted molar refractivity (Wildman–Crippen MR) is 84.7 cm³/mol. The topological polar surface area (TPSA) is 55.8 Å². The summed E-state index contributed by atoms with van der Waals surface area (Å²) >= 11 is 0. The summed E-state index contributed by atoms with van der Waals surface area (Å²) in [5.74, 6) is 0.229. The maximum Gasteiger partial charge on any atom is 0.345 e. The molecule has 0 aliphatic heterocycles. The van der Waals surface area contributed by atoms with Gasteiger partial charge in [-0.05, 0) is 48.7 Å². The largest absolute Gasteiger partial charge is 0.496 e. The zero-order valence-corrected chi connectivity index (χ0v) is 13.0. The van der Waals surface area contributed by atoms with E-state index in [0.29, 0.717) is 11.5 Å². The molecule has 0 amide bonds. The van der Waals surface area contributed by atoms with Crippen molar-refractivity contribution in [1.29, 1.82) is 0 Å². The number of rotatable bonds is 6. The fourth-order valence-electron chi connectivity index (χ4n) is 2.20. The molecule has 4 nitrogen and oxygen atoms in total. The molecule has 1 N–H and O–H groups in total. The van der Waals surface area contributed by atoms with Crippen LogP contribution < -0.4 is 9.47 Å². The van der Waals surface area contributed by atoms with Gasteiger partial charge in [-0.25, -0.2) is 4.79 Å². The smallest absolute Gasteiger partial charge is 0.345 e. The second kappa shape index (κ2) is 6.98. The van der Waals surface area contributed by atoms with Gasteiger partial charge in [0, 0.05) is 6.42 Å². The van der Waals surface area contributed by atoms with Crippen LogP contribution >= 0.6 is 0 Å². The molecule has 2 rings (SSSR count). The fraction of sp³-hybridized carbons (Fsp3) is 0.278. The summed E-state index contributed by atoms with van der Waals surface area (Å²) in [5, 5.41) is 9.42. The lowest BCUT2D eigenvalue weighted by Gasteiger charge is -2.17. The van der Waals surface area contributed by atoms with E-state index >= 15 is 0 Å². The maximum absolute atomic E-state index is 11.5. The molecule has 0 fully saturated rings. The highest BCUT2D eigenvalue weighted by Gasteiger charge is 2.22. The molecule has 0 aliphatic rings. The highest BCUT2D eigenvalue weighted by Crippen LogP contribution is 2.22. The highest BCUT2D eigenvalue weighted by molar-refractivity contribution is 5.73. The van der Waals surface area contributed by atoms with Crippen LogP contribution in [0.2, 0.25) is 0 Å². The van der Waals surface area contributed by atoms with Crippen LogP contribution in [0.5, 0.6) is 11.5 Å². The third kappa shape index (κ3) is 3.79. The Hall–Kier alpha value is -2.49. The van der Waals surface area contributed by atoms with Gasteiger partial charge in [-0.2, -0.15) is 0 Å². The van der Waals surface area contributed by atoms with Gasteiger partial charge in [0.25, 0.3) is 0 Å². The number of aliphatic carboxylic acids is 1. The van der Waals surface area contributed by atoms with E-state index in [0.717, 1.165) is 16.7 Å². The molecule has 2 aromatic carbocycles. The molecule has 116 valence electrons. The molecular weight excluding hydrogens is 280 g/mol. The molecule has 0 unspecified atom stereocenters. The number of methoxy groups -OCH3 is 1. The lowest BCUT2D eigenvalue weighted by molar-refractivity contribution is -0.145. The van der Waals surface area contributed by atoms with Crippen molar-refractivity contribution in [1.82, 2.24) is 0 Å². The second-order valence-corrected chi connectivity index (χ2v) is 5.21. The van der Waals surface area contributed by atoms with Gasteiger partial charge in [0.05, 0.1) is 7.11 Å². The summed E-state index contributed by atoms with van der Waals surface area (Å²) in [6, 6.07) is 12.9. The van der Waals surface area contributed by atoms with Crippen LogP contribution in [0, 0.1) is 13.8 Å². The van der Waals surface area contributed by atoms with Crippen molar-refractivity contribution in [3.05, 3.63) is 59.2 Å². The number of aryl methyl sites for hydroxylation is 2. The lowest BCUT2D eigenvalue weighted by Crippen LogP contribution is -2.29. The summed E-state index contributed by atoms with van der Waals surface area (Å²) in [6.07, 6.45) is -0.717. The summed E-state index contributed by atoms with van der Waals surface area (Å²) in [5.41, 5.74) is 3.02. The van der Waals surface area contributed by atoms with Crippen molar-refractivity contribution in [2.75, 3.05) is 7.11 Å². The van der Waals surface area contributed by atoms with Gasteiger partial charge in [-0.3, -0.25) is 0 Å². The van der Waals surface area contributed by atoms with Crippen LogP contribution in [0.1, 0.15) is 16.7 Å². The monoisotopic (exact) mass is 300 g/mol. The Bertz CT molecular complexity index is 664. The Morgan fingerprint density at radius 3 is 2.50 bits per heavy atom. The number of carbonyl (C=O) groups is 1. The Morgan fingerprint density at radius 2 is 1.86 bits per heavy atom. The van der Waals surface area contributed by atoms with Gasteiger partial charge < -0.3 is 14.6 Å². The van der Waals surface area contributed by atoms with E-state index in [9.17, 15) is 9.90 Å². The molecule has 0 saturated heterocycles. The van der Waals surface area contributed by atoms with Crippen molar-refractivity contribution in [2.24, 2.45) is 0 Å². The fourth-order valence-corrected chi connectivity index (χ4v) is 2.20. The number of hydrogen-bond donors (Lipinski definition) is 1. The van der Waals surface area contributed by atoms with Crippen molar-refractivity contribution in [3.8, 4) is 11.5 Å². The average Bonchev–Trinajstić information content (AvgIpc) is 2.50. The van der Waals surface area contributed by atoms with Gasteiger partial charge in [0.1, 0.15) is 11.5 Å². The van der Waals surface area contributed by atoms with Crippen LogP contribution in [0.3, 0.4) is 0 Å². The third-order valence-electron chi connectivity index (χ3n) is 3.63. The molecule has 0 aromatic heterocycles. The molecule has 0 saturated carbocycles. The second-order valence-electron chi connectivity index (χ2n) is 5.21. The quantitative estimate of drug-likeness (QED) is 0.888. The number of carboxylic acid groups (broad SMARTS) is 1. The van der Waals surface area contributed by atoms with E-state index in [2.05, 4.69) is 0 Å². The normalized spacial score (nSPS) is 11.8. The SMILES string of the molecule is COc1ccccc1C[C@@H](Oc1ccc(C)c(C)c1)C(=O)O. The zero-order valence-electron chi connectivity index (χ0n) is 13.0. The molecule has 4 heteroatoms. The summed E-state index contributed by atoms with van der Waals surface area (Å²) in [4.78, 5) is 11.5. The maximum atomic E-state index is 11.5. The molecule has 0 aliphatic carbocycles. The van der Waals surface area contributed by atoms with E-state index in [-0.39, 0.29) is 6.42 Å². The van der Waals surface area contributed by atoms with E-state index in [1.54, 1.807) is 13.2 Å². The minimum Gasteiger partial charge on any atom is -0.496 e. The molecule has 1 atom stereocenters. The third-order valence-corrected chi connectivity index (χ3v) is 3.63. The van der Waals surface area contributed by atoms with Crippen molar-refractivity contribution >= 4 is 5.97 Å². The first-order valence-corrected chi connectivity index (χ1v) is 7.10. The average molecular weight is 300 g/mol. The van der Waals surface area contributed by atoms with Crippen LogP contribution in [0.15, 0.2) is 42.5 Å². The molecule has 0 radical (unpaired) electrons. The molecule has 2 aromatic rings. The van der Waals surface area contributed by atoms with Crippen molar-refractivity contribution < 1.29 is 19.4 Å². The zero-order chi connectivity index (χ0) is 16.1. The molecule has 0 heterocycles. The van der Waals surface area contributed by atoms with Crippen LogP contribution in [0.25, 0.3) is 0 Å².